The van der Waals surface area contributed by atoms with Crippen molar-refractivity contribution < 1.29 is 46.9 Å². The van der Waals surface area contributed by atoms with Crippen LogP contribution in [0.5, 0.6) is 0 Å². The summed E-state index contributed by atoms with van der Waals surface area (Å²) >= 11 is 0. The second-order valence-corrected chi connectivity index (χ2v) is 12.4. The summed E-state index contributed by atoms with van der Waals surface area (Å²) in [4.78, 5) is 44.5. The van der Waals surface area contributed by atoms with E-state index in [0.717, 1.165) is 12.1 Å². The topological polar surface area (TPSA) is 271 Å². The van der Waals surface area contributed by atoms with Crippen molar-refractivity contribution in [2.24, 2.45) is 0 Å². The largest absolute Gasteiger partial charge is 0.394 e. The molecule has 4 aromatic rings. The maximum absolute atomic E-state index is 15.8. The van der Waals surface area contributed by atoms with E-state index in [9.17, 15) is 24.0 Å². The molecule has 2 unspecified atom stereocenters. The lowest BCUT2D eigenvalue weighted by atomic mass is 10.1. The third kappa shape index (κ3) is 5.60. The second kappa shape index (κ2) is 11.8. The average molecular weight is 656 g/mol. The van der Waals surface area contributed by atoms with Gasteiger partial charge < -0.3 is 40.4 Å². The standard InChI is InChI=1S/C22H27FN10O9P2/c1-9(16-10(41-43(35)36)2-12(40-16)32-7-30-14-18(24)26-5-28-20(14)32)4-44(37,38)42-17-11(3-34)39-22(13(17)23)33-8-31-15-19(25)27-6-29-21(15)33/h4-8,10-13,16-17,22,34,43H,2-3H2,1H3,(H,35,36)(H,37,38)(H2,24,26,28)(H2,25,27,29)/b9-4+/t10-,11+,12+,13+,16+,17+,22+/m0/s1. The molecule has 4 aromatic heterocycles. The van der Waals surface area contributed by atoms with Gasteiger partial charge in [0.25, 0.3) is 0 Å². The minimum Gasteiger partial charge on any atom is -0.394 e. The van der Waals surface area contributed by atoms with Crippen LogP contribution in [0.3, 0.4) is 0 Å². The molecular weight excluding hydrogens is 629 g/mol. The molecule has 0 aliphatic carbocycles. The van der Waals surface area contributed by atoms with Crippen LogP contribution in [-0.4, -0.2) is 91.1 Å². The molecule has 19 nitrogen and oxygen atoms in total. The SMILES string of the molecule is C/C(=C\P(=O)(O)O[C@H]1[C@@H](F)[C@H](n2cnc3c(N)ncnc32)O[C@@H]1CO)[C@H]1O[C@@H](n2cnc3c(N)ncnc32)C[C@@H]1O[PH](=O)O. The fourth-order valence-electron chi connectivity index (χ4n) is 5.32. The van der Waals surface area contributed by atoms with Crippen molar-refractivity contribution >= 4 is 49.8 Å². The highest BCUT2D eigenvalue weighted by molar-refractivity contribution is 7.56. The fraction of sp³-hybridized carbons (Fsp3) is 0.455. The smallest absolute Gasteiger partial charge is 0.352 e. The number of aromatic nitrogens is 8. The number of rotatable bonds is 9. The van der Waals surface area contributed by atoms with Crippen molar-refractivity contribution in [2.45, 2.75) is 56.4 Å². The lowest BCUT2D eigenvalue weighted by Crippen LogP contribution is -2.33. The molecule has 0 spiro atoms. The van der Waals surface area contributed by atoms with E-state index in [1.165, 1.54) is 35.0 Å². The molecule has 9 atom stereocenters. The molecule has 0 amide bonds. The molecule has 22 heteroatoms. The van der Waals surface area contributed by atoms with Crippen molar-refractivity contribution in [3.63, 3.8) is 0 Å². The summed E-state index contributed by atoms with van der Waals surface area (Å²) in [5.74, 6) is 1.01. The predicted molar refractivity (Wildman–Crippen MR) is 148 cm³/mol. The van der Waals surface area contributed by atoms with E-state index in [1.54, 1.807) is 0 Å². The monoisotopic (exact) mass is 656 g/mol. The number of hydrogen-bond donors (Lipinski definition) is 5. The van der Waals surface area contributed by atoms with Gasteiger partial charge in [0.05, 0.1) is 19.3 Å². The van der Waals surface area contributed by atoms with Crippen molar-refractivity contribution in [2.75, 3.05) is 18.1 Å². The Morgan fingerprint density at radius 2 is 1.73 bits per heavy atom. The fourth-order valence-corrected chi connectivity index (χ4v) is 7.12. The average Bonchev–Trinajstić information content (AvgIpc) is 3.74. The Morgan fingerprint density at radius 3 is 2.34 bits per heavy atom. The molecule has 0 bridgehead atoms. The summed E-state index contributed by atoms with van der Waals surface area (Å²) in [5.41, 5.74) is 12.7. The zero-order valence-corrected chi connectivity index (χ0v) is 24.6. The number of aliphatic hydroxyl groups excluding tert-OH is 1. The van der Waals surface area contributed by atoms with Gasteiger partial charge in [-0.05, 0) is 12.5 Å². The Bertz CT molecular complexity index is 1810. The van der Waals surface area contributed by atoms with Crippen LogP contribution in [-0.2, 0) is 27.7 Å². The van der Waals surface area contributed by atoms with Crippen molar-refractivity contribution in [1.29, 1.82) is 0 Å². The molecule has 0 radical (unpaired) electrons. The van der Waals surface area contributed by atoms with Gasteiger partial charge in [-0.3, -0.25) is 22.8 Å². The maximum Gasteiger partial charge on any atom is 0.352 e. The van der Waals surface area contributed by atoms with Gasteiger partial charge in [-0.1, -0.05) is 0 Å². The second-order valence-electron chi connectivity index (χ2n) is 10.0. The van der Waals surface area contributed by atoms with Gasteiger partial charge in [-0.25, -0.2) is 34.3 Å². The Balaban J connectivity index is 1.23. The van der Waals surface area contributed by atoms with Crippen LogP contribution in [0.15, 0.2) is 36.7 Å². The number of alkyl halides is 1. The minimum atomic E-state index is -4.77. The summed E-state index contributed by atoms with van der Waals surface area (Å²) in [6, 6.07) is 0. The molecule has 2 saturated heterocycles. The zero-order chi connectivity index (χ0) is 31.3. The van der Waals surface area contributed by atoms with Crippen LogP contribution >= 0.6 is 15.9 Å². The Labute approximate surface area is 247 Å². The predicted octanol–water partition coefficient (Wildman–Crippen LogP) is 0.587. The molecule has 6 rings (SSSR count). The van der Waals surface area contributed by atoms with E-state index in [1.807, 2.05) is 0 Å². The summed E-state index contributed by atoms with van der Waals surface area (Å²) in [7, 11) is -8.23. The molecule has 2 aliphatic rings. The number of imidazole rings is 2. The normalized spacial score (nSPS) is 29.8. The van der Waals surface area contributed by atoms with Gasteiger partial charge in [-0.15, -0.1) is 0 Å². The molecule has 2 fully saturated rings. The van der Waals surface area contributed by atoms with Crippen LogP contribution in [0.25, 0.3) is 22.3 Å². The third-order valence-corrected chi connectivity index (χ3v) is 9.00. The van der Waals surface area contributed by atoms with Crippen LogP contribution < -0.4 is 11.5 Å². The number of ether oxygens (including phenoxy) is 2. The Hall–Kier alpha value is -3.45. The van der Waals surface area contributed by atoms with E-state index in [2.05, 4.69) is 29.9 Å². The molecule has 0 saturated carbocycles. The van der Waals surface area contributed by atoms with Crippen molar-refractivity contribution in [3.05, 3.63) is 36.7 Å². The summed E-state index contributed by atoms with van der Waals surface area (Å²) in [6.45, 7) is 0.678. The molecule has 236 valence electrons. The Morgan fingerprint density at radius 1 is 1.11 bits per heavy atom. The highest BCUT2D eigenvalue weighted by Crippen LogP contribution is 2.51. The molecule has 0 aromatic carbocycles. The van der Waals surface area contributed by atoms with E-state index in [0.29, 0.717) is 11.2 Å². The van der Waals surface area contributed by atoms with E-state index in [4.69, 9.17) is 30.0 Å². The van der Waals surface area contributed by atoms with Gasteiger partial charge in [0.1, 0.15) is 54.3 Å². The van der Waals surface area contributed by atoms with Crippen molar-refractivity contribution in [1.82, 2.24) is 39.0 Å². The van der Waals surface area contributed by atoms with Gasteiger partial charge in [0.2, 0.25) is 0 Å². The lowest BCUT2D eigenvalue weighted by Gasteiger charge is -2.22. The lowest BCUT2D eigenvalue weighted by molar-refractivity contribution is -0.0439. The molecular formula is C22H27FN10O9P2. The number of halogens is 1. The van der Waals surface area contributed by atoms with Gasteiger partial charge in [0.15, 0.2) is 35.3 Å². The number of anilines is 2. The van der Waals surface area contributed by atoms with Crippen LogP contribution in [0.1, 0.15) is 25.8 Å². The number of nitrogens with two attached hydrogens (primary N) is 2. The summed E-state index contributed by atoms with van der Waals surface area (Å²) in [6.07, 6.45) is -4.44. The number of nitrogens with zero attached hydrogens (tertiary/aromatic N) is 8. The van der Waals surface area contributed by atoms with E-state index < -0.39 is 65.5 Å². The molecule has 7 N–H and O–H groups in total. The summed E-state index contributed by atoms with van der Waals surface area (Å²) in [5, 5.41) is 9.87. The van der Waals surface area contributed by atoms with E-state index >= 15 is 4.39 Å². The van der Waals surface area contributed by atoms with Gasteiger partial charge in [0, 0.05) is 12.2 Å². The van der Waals surface area contributed by atoms with E-state index in [-0.39, 0.29) is 34.8 Å². The van der Waals surface area contributed by atoms with Gasteiger partial charge >= 0.3 is 15.9 Å². The minimum absolute atomic E-state index is 0.0307. The third-order valence-electron chi connectivity index (χ3n) is 7.22. The maximum atomic E-state index is 15.8. The van der Waals surface area contributed by atoms with Crippen LogP contribution in [0.4, 0.5) is 16.0 Å². The van der Waals surface area contributed by atoms with Gasteiger partial charge in [-0.2, -0.15) is 0 Å². The summed E-state index contributed by atoms with van der Waals surface area (Å²) < 4.78 is 65.6. The number of fused-ring (bicyclic) bond motifs is 2. The number of aliphatic hydroxyl groups is 1. The quantitative estimate of drug-likeness (QED) is 0.154. The molecule has 6 heterocycles. The Kier molecular flexibility index (Phi) is 8.20. The first-order valence-electron chi connectivity index (χ1n) is 13.0. The van der Waals surface area contributed by atoms with Crippen LogP contribution in [0.2, 0.25) is 0 Å². The van der Waals surface area contributed by atoms with Crippen LogP contribution in [0, 0.1) is 0 Å². The highest BCUT2D eigenvalue weighted by Gasteiger charge is 2.50. The zero-order valence-electron chi connectivity index (χ0n) is 22.7. The number of hydrogen-bond acceptors (Lipinski definition) is 15. The number of nitrogen functional groups attached to an aromatic ring is 2. The first-order chi connectivity index (χ1) is 21.0. The highest BCUT2D eigenvalue weighted by atomic mass is 31.2. The first kappa shape index (κ1) is 30.6. The first-order valence-corrected chi connectivity index (χ1v) is 15.9. The molecule has 2 aliphatic heterocycles. The molecule has 44 heavy (non-hydrogen) atoms. The van der Waals surface area contributed by atoms with Crippen molar-refractivity contribution in [3.8, 4) is 0 Å².